The third-order valence-electron chi connectivity index (χ3n) is 3.50. The van der Waals surface area contributed by atoms with Crippen LogP contribution in [0.4, 0.5) is 8.78 Å². The molecule has 0 radical (unpaired) electrons. The molecule has 1 aromatic heterocycles. The zero-order valence-electron chi connectivity index (χ0n) is 10.7. The van der Waals surface area contributed by atoms with Gasteiger partial charge in [0.1, 0.15) is 5.69 Å². The number of halogens is 3. The predicted molar refractivity (Wildman–Crippen MR) is 73.4 cm³/mol. The number of aromatic nitrogens is 1. The van der Waals surface area contributed by atoms with Crippen molar-refractivity contribution >= 4 is 28.4 Å². The van der Waals surface area contributed by atoms with Crippen LogP contribution in [0.5, 0.6) is 0 Å². The quantitative estimate of drug-likeness (QED) is 0.628. The molecule has 5 nitrogen and oxygen atoms in total. The van der Waals surface area contributed by atoms with Gasteiger partial charge in [0.15, 0.2) is 11.6 Å². The average molecular weight is 316 g/mol. The molecule has 0 bridgehead atoms. The van der Waals surface area contributed by atoms with E-state index in [-0.39, 0.29) is 16.2 Å². The lowest BCUT2D eigenvalue weighted by Crippen LogP contribution is -2.42. The molecule has 1 fully saturated rings. The van der Waals surface area contributed by atoms with E-state index in [4.69, 9.17) is 11.6 Å². The van der Waals surface area contributed by atoms with Gasteiger partial charge in [-0.05, 0) is 12.1 Å². The van der Waals surface area contributed by atoms with Crippen LogP contribution in [0.15, 0.2) is 12.1 Å². The molecule has 3 rings (SSSR count). The molecule has 112 valence electrons. The minimum Gasteiger partial charge on any atom is -0.390 e. The second kappa shape index (κ2) is 5.25. The molecule has 2 heterocycles. The summed E-state index contributed by atoms with van der Waals surface area (Å²) in [6.45, 7) is 0.842. The molecular formula is C13H12ClF2N3O2. The fourth-order valence-corrected chi connectivity index (χ4v) is 2.56. The second-order valence-electron chi connectivity index (χ2n) is 4.94. The number of H-pyrrole nitrogens is 1. The minimum absolute atomic E-state index is 0.0738. The number of fused-ring (bicyclic) bond motifs is 1. The Kier molecular flexibility index (Phi) is 3.56. The molecule has 1 aromatic carbocycles. The van der Waals surface area contributed by atoms with Gasteiger partial charge in [0, 0.05) is 18.5 Å². The monoisotopic (exact) mass is 315 g/mol. The van der Waals surface area contributed by atoms with E-state index in [2.05, 4.69) is 15.6 Å². The number of hydrogen-bond donors (Lipinski definition) is 4. The van der Waals surface area contributed by atoms with Crippen LogP contribution < -0.4 is 10.6 Å². The van der Waals surface area contributed by atoms with Gasteiger partial charge in [0.25, 0.3) is 5.91 Å². The van der Waals surface area contributed by atoms with Gasteiger partial charge in [-0.25, -0.2) is 8.78 Å². The molecule has 2 aromatic rings. The van der Waals surface area contributed by atoms with E-state index in [0.717, 1.165) is 0 Å². The third-order valence-corrected chi connectivity index (χ3v) is 3.77. The summed E-state index contributed by atoms with van der Waals surface area (Å²) in [5.74, 6) is -2.79. The van der Waals surface area contributed by atoms with Crippen LogP contribution in [0.3, 0.4) is 0 Å². The van der Waals surface area contributed by atoms with E-state index in [9.17, 15) is 18.7 Å². The van der Waals surface area contributed by atoms with Crippen LogP contribution in [0.1, 0.15) is 10.5 Å². The van der Waals surface area contributed by atoms with Crippen LogP contribution in [0.25, 0.3) is 10.9 Å². The van der Waals surface area contributed by atoms with Crippen molar-refractivity contribution in [3.05, 3.63) is 34.5 Å². The first-order chi connectivity index (χ1) is 9.97. The minimum atomic E-state index is -1.16. The normalized spacial score (nSPS) is 21.9. The first kappa shape index (κ1) is 14.2. The largest absolute Gasteiger partial charge is 0.390 e. The number of carbonyl (C=O) groups excluding carboxylic acids is 1. The van der Waals surface area contributed by atoms with Gasteiger partial charge in [-0.1, -0.05) is 11.6 Å². The summed E-state index contributed by atoms with van der Waals surface area (Å²) in [6.07, 6.45) is -0.679. The summed E-state index contributed by atoms with van der Waals surface area (Å²) >= 11 is 5.57. The van der Waals surface area contributed by atoms with Crippen molar-refractivity contribution in [2.24, 2.45) is 0 Å². The molecule has 2 atom stereocenters. The van der Waals surface area contributed by atoms with Crippen molar-refractivity contribution in [2.45, 2.75) is 12.1 Å². The molecule has 1 aliphatic rings. The highest BCUT2D eigenvalue weighted by Gasteiger charge is 2.27. The van der Waals surface area contributed by atoms with Crippen LogP contribution >= 0.6 is 11.6 Å². The zero-order valence-corrected chi connectivity index (χ0v) is 11.5. The van der Waals surface area contributed by atoms with Crippen molar-refractivity contribution in [1.29, 1.82) is 0 Å². The summed E-state index contributed by atoms with van der Waals surface area (Å²) in [4.78, 5) is 14.6. The van der Waals surface area contributed by atoms with E-state index in [0.29, 0.717) is 18.5 Å². The number of rotatable bonds is 2. The van der Waals surface area contributed by atoms with Crippen LogP contribution in [-0.2, 0) is 0 Å². The summed E-state index contributed by atoms with van der Waals surface area (Å²) in [6, 6.07) is 2.21. The van der Waals surface area contributed by atoms with Gasteiger partial charge >= 0.3 is 0 Å². The molecule has 1 saturated heterocycles. The van der Waals surface area contributed by atoms with Crippen molar-refractivity contribution in [2.75, 3.05) is 13.1 Å². The number of hydrogen-bond acceptors (Lipinski definition) is 3. The Morgan fingerprint density at radius 2 is 2.10 bits per heavy atom. The van der Waals surface area contributed by atoms with Crippen LogP contribution in [0.2, 0.25) is 5.02 Å². The maximum absolute atomic E-state index is 13.7. The number of nitrogens with one attached hydrogen (secondary N) is 3. The van der Waals surface area contributed by atoms with Crippen LogP contribution in [-0.4, -0.2) is 41.2 Å². The molecular weight excluding hydrogens is 304 g/mol. The molecule has 4 N–H and O–H groups in total. The molecule has 8 heteroatoms. The van der Waals surface area contributed by atoms with E-state index < -0.39 is 29.7 Å². The van der Waals surface area contributed by atoms with Crippen molar-refractivity contribution in [3.63, 3.8) is 0 Å². The van der Waals surface area contributed by atoms with E-state index in [1.807, 2.05) is 0 Å². The fraction of sp³-hybridized carbons (Fsp3) is 0.308. The summed E-state index contributed by atoms with van der Waals surface area (Å²) in [7, 11) is 0. The summed E-state index contributed by atoms with van der Waals surface area (Å²) in [5, 5.41) is 15.1. The smallest absolute Gasteiger partial charge is 0.268 e. The number of aliphatic hydroxyl groups is 1. The zero-order chi connectivity index (χ0) is 15.1. The molecule has 0 spiro atoms. The maximum atomic E-state index is 13.7. The predicted octanol–water partition coefficient (Wildman–Crippen LogP) is 1.16. The lowest BCUT2D eigenvalue weighted by atomic mass is 10.2. The SMILES string of the molecule is O=C(N[C@H]1CNC[C@H]1O)c1cc2cc(Cl)c(F)c(F)c2[nH]1. The number of benzene rings is 1. The van der Waals surface area contributed by atoms with Gasteiger partial charge in [0.2, 0.25) is 0 Å². The summed E-state index contributed by atoms with van der Waals surface area (Å²) < 4.78 is 27.1. The first-order valence-electron chi connectivity index (χ1n) is 6.33. The topological polar surface area (TPSA) is 77.2 Å². The Morgan fingerprint density at radius 1 is 1.33 bits per heavy atom. The summed E-state index contributed by atoms with van der Waals surface area (Å²) in [5.41, 5.74) is -0.0446. The van der Waals surface area contributed by atoms with Crippen LogP contribution in [0, 0.1) is 11.6 Å². The molecule has 0 aliphatic carbocycles. The van der Waals surface area contributed by atoms with Gasteiger partial charge in [-0.15, -0.1) is 0 Å². The van der Waals surface area contributed by atoms with Crippen molar-refractivity contribution in [1.82, 2.24) is 15.6 Å². The fourth-order valence-electron chi connectivity index (χ4n) is 2.36. The molecule has 21 heavy (non-hydrogen) atoms. The Morgan fingerprint density at radius 3 is 2.76 bits per heavy atom. The molecule has 1 amide bonds. The van der Waals surface area contributed by atoms with Gasteiger partial charge < -0.3 is 20.7 Å². The highest BCUT2D eigenvalue weighted by Crippen LogP contribution is 2.27. The highest BCUT2D eigenvalue weighted by molar-refractivity contribution is 6.31. The highest BCUT2D eigenvalue weighted by atomic mass is 35.5. The van der Waals surface area contributed by atoms with Gasteiger partial charge in [0.05, 0.1) is 22.7 Å². The lowest BCUT2D eigenvalue weighted by Gasteiger charge is -2.14. The maximum Gasteiger partial charge on any atom is 0.268 e. The standard InChI is InChI=1S/C13H12ClF2N3O2/c14-6-1-5-2-7(18-12(5)11(16)10(6)15)13(21)19-8-3-17-4-9(8)20/h1-2,8-9,17-18,20H,3-4H2,(H,19,21)/t8-,9+/m0/s1. The first-order valence-corrected chi connectivity index (χ1v) is 6.71. The molecule has 0 saturated carbocycles. The number of aliphatic hydroxyl groups excluding tert-OH is 1. The Balaban J connectivity index is 1.90. The second-order valence-corrected chi connectivity index (χ2v) is 5.35. The third kappa shape index (κ3) is 2.48. The van der Waals surface area contributed by atoms with E-state index >= 15 is 0 Å². The number of carbonyl (C=O) groups is 1. The Bertz CT molecular complexity index is 719. The lowest BCUT2D eigenvalue weighted by molar-refractivity contribution is 0.0884. The number of aromatic amines is 1. The molecule has 1 aliphatic heterocycles. The number of amides is 1. The van der Waals surface area contributed by atoms with Gasteiger partial charge in [-0.3, -0.25) is 4.79 Å². The Hall–Kier alpha value is -1.70. The van der Waals surface area contributed by atoms with Gasteiger partial charge in [-0.2, -0.15) is 0 Å². The van der Waals surface area contributed by atoms with E-state index in [1.54, 1.807) is 0 Å². The Labute approximate surface area is 123 Å². The average Bonchev–Trinajstić information content (AvgIpc) is 3.03. The number of β-amino-alcohol motifs (C(OH)–C–C–N with tert-alkyl or cyclic N) is 1. The molecule has 0 unspecified atom stereocenters. The van der Waals surface area contributed by atoms with Crippen molar-refractivity contribution in [3.8, 4) is 0 Å². The van der Waals surface area contributed by atoms with E-state index in [1.165, 1.54) is 12.1 Å². The van der Waals surface area contributed by atoms with Crippen molar-refractivity contribution < 1.29 is 18.7 Å².